The van der Waals surface area contributed by atoms with Crippen LogP contribution in [-0.4, -0.2) is 45.2 Å². The maximum atomic E-state index is 11.7. The summed E-state index contributed by atoms with van der Waals surface area (Å²) in [6, 6.07) is 0. The maximum absolute atomic E-state index is 11.7. The van der Waals surface area contributed by atoms with E-state index in [1.807, 2.05) is 6.92 Å². The summed E-state index contributed by atoms with van der Waals surface area (Å²) in [6.45, 7) is 5.36. The molecule has 0 saturated carbocycles. The number of thiazole rings is 1. The minimum atomic E-state index is -2.89. The van der Waals surface area contributed by atoms with Crippen molar-refractivity contribution in [2.24, 2.45) is 0 Å². The Hall–Kier alpha value is -0.500. The number of aryl methyl sites for hydroxylation is 2. The van der Waals surface area contributed by atoms with E-state index in [0.717, 1.165) is 10.7 Å². The third-order valence-corrected chi connectivity index (χ3v) is 6.82. The zero-order valence-corrected chi connectivity index (χ0v) is 13.9. The second kappa shape index (κ2) is 6.09. The lowest BCUT2D eigenvalue weighted by atomic mass is 9.93. The van der Waals surface area contributed by atoms with Crippen LogP contribution in [0.3, 0.4) is 0 Å². The van der Waals surface area contributed by atoms with Crippen LogP contribution >= 0.6 is 11.3 Å². The molecule has 1 aliphatic heterocycles. The highest BCUT2D eigenvalue weighted by molar-refractivity contribution is 7.91. The molecule has 1 N–H and O–H groups in total. The Morgan fingerprint density at radius 2 is 2.00 bits per heavy atom. The molecule has 5 nitrogen and oxygen atoms in total. The van der Waals surface area contributed by atoms with E-state index in [1.54, 1.807) is 18.4 Å². The highest BCUT2D eigenvalue weighted by Crippen LogP contribution is 2.37. The first-order chi connectivity index (χ1) is 9.38. The van der Waals surface area contributed by atoms with Crippen LogP contribution in [0.15, 0.2) is 0 Å². The summed E-state index contributed by atoms with van der Waals surface area (Å²) < 4.78 is 28.5. The van der Waals surface area contributed by atoms with Crippen molar-refractivity contribution in [2.75, 3.05) is 31.8 Å². The van der Waals surface area contributed by atoms with E-state index in [0.29, 0.717) is 26.0 Å². The summed E-state index contributed by atoms with van der Waals surface area (Å²) in [4.78, 5) is 5.85. The Bertz CT molecular complexity index is 533. The van der Waals surface area contributed by atoms with E-state index in [2.05, 4.69) is 17.2 Å². The van der Waals surface area contributed by atoms with Gasteiger partial charge in [0, 0.05) is 18.5 Å². The molecule has 20 heavy (non-hydrogen) atoms. The number of aromatic nitrogens is 1. The number of rotatable bonds is 5. The lowest BCUT2D eigenvalue weighted by Gasteiger charge is -2.36. The van der Waals surface area contributed by atoms with Crippen molar-refractivity contribution in [3.8, 4) is 0 Å². The summed E-state index contributed by atoms with van der Waals surface area (Å²) in [6.07, 6.45) is 1.18. The monoisotopic (exact) mass is 318 g/mol. The van der Waals surface area contributed by atoms with Gasteiger partial charge in [-0.2, -0.15) is 0 Å². The number of methoxy groups -OCH3 is 1. The van der Waals surface area contributed by atoms with Crippen LogP contribution in [0.25, 0.3) is 0 Å². The second-order valence-corrected chi connectivity index (χ2v) is 8.82. The molecule has 0 aromatic carbocycles. The van der Waals surface area contributed by atoms with Crippen molar-refractivity contribution in [2.45, 2.75) is 32.2 Å². The Labute approximate surface area is 124 Å². The van der Waals surface area contributed by atoms with Crippen LogP contribution in [0.4, 0.5) is 0 Å². The molecular weight excluding hydrogens is 296 g/mol. The Balaban J connectivity index is 2.25. The minimum absolute atomic E-state index is 0.227. The molecule has 114 valence electrons. The van der Waals surface area contributed by atoms with Gasteiger partial charge in [-0.1, -0.05) is 0 Å². The lowest BCUT2D eigenvalue weighted by Crippen LogP contribution is -2.49. The van der Waals surface area contributed by atoms with Crippen molar-refractivity contribution in [1.29, 1.82) is 0 Å². The average molecular weight is 318 g/mol. The third-order valence-electron chi connectivity index (χ3n) is 3.89. The molecule has 2 rings (SSSR count). The average Bonchev–Trinajstić information content (AvgIpc) is 2.73. The molecule has 1 aromatic heterocycles. The van der Waals surface area contributed by atoms with Crippen molar-refractivity contribution in [3.05, 3.63) is 15.6 Å². The van der Waals surface area contributed by atoms with Crippen molar-refractivity contribution >= 4 is 21.2 Å². The normalized spacial score (nSPS) is 20.9. The van der Waals surface area contributed by atoms with Gasteiger partial charge in [0.15, 0.2) is 0 Å². The molecule has 0 aliphatic carbocycles. The summed E-state index contributed by atoms with van der Waals surface area (Å²) in [5.74, 6) is 0.454. The molecule has 0 spiro atoms. The number of ether oxygens (including phenoxy) is 1. The third kappa shape index (κ3) is 3.39. The fraction of sp³-hybridized carbons (Fsp3) is 0.769. The summed E-state index contributed by atoms with van der Waals surface area (Å²) in [7, 11) is -1.23. The largest absolute Gasteiger partial charge is 0.383 e. The zero-order chi connectivity index (χ0) is 14.8. The van der Waals surface area contributed by atoms with Crippen molar-refractivity contribution in [3.63, 3.8) is 0 Å². The Morgan fingerprint density at radius 1 is 1.35 bits per heavy atom. The van der Waals surface area contributed by atoms with Crippen LogP contribution in [0, 0.1) is 13.8 Å². The summed E-state index contributed by atoms with van der Waals surface area (Å²) >= 11 is 1.67. The predicted octanol–water partition coefficient (Wildman–Crippen LogP) is 1.40. The molecule has 7 heteroatoms. The molecule has 1 aromatic rings. The summed E-state index contributed by atoms with van der Waals surface area (Å²) in [5, 5.41) is 4.50. The quantitative estimate of drug-likeness (QED) is 0.831. The van der Waals surface area contributed by atoms with Crippen LogP contribution in [0.1, 0.15) is 28.4 Å². The highest BCUT2D eigenvalue weighted by Gasteiger charge is 2.40. The van der Waals surface area contributed by atoms with Gasteiger partial charge in [0.05, 0.1) is 29.3 Å². The summed E-state index contributed by atoms with van der Waals surface area (Å²) in [5.41, 5.74) is 0.722. The van der Waals surface area contributed by atoms with Gasteiger partial charge in [-0.25, -0.2) is 13.4 Å². The van der Waals surface area contributed by atoms with E-state index in [4.69, 9.17) is 4.74 Å². The van der Waals surface area contributed by atoms with Crippen LogP contribution in [0.5, 0.6) is 0 Å². The second-order valence-electron chi connectivity index (χ2n) is 5.31. The number of nitrogens with zero attached hydrogens (tertiary/aromatic N) is 1. The maximum Gasteiger partial charge on any atom is 0.150 e. The van der Waals surface area contributed by atoms with Crippen LogP contribution in [-0.2, 0) is 20.1 Å². The van der Waals surface area contributed by atoms with E-state index >= 15 is 0 Å². The van der Waals surface area contributed by atoms with Gasteiger partial charge in [0.25, 0.3) is 0 Å². The first-order valence-corrected chi connectivity index (χ1v) is 9.41. The van der Waals surface area contributed by atoms with Gasteiger partial charge in [0.1, 0.15) is 14.8 Å². The molecule has 2 heterocycles. The topological polar surface area (TPSA) is 68.3 Å². The molecule has 0 unspecified atom stereocenters. The van der Waals surface area contributed by atoms with Crippen molar-refractivity contribution < 1.29 is 13.2 Å². The number of hydrogen-bond acceptors (Lipinski definition) is 6. The molecule has 0 atom stereocenters. The van der Waals surface area contributed by atoms with E-state index in [-0.39, 0.29) is 17.0 Å². The fourth-order valence-corrected chi connectivity index (χ4v) is 5.08. The first-order valence-electron chi connectivity index (χ1n) is 6.77. The first kappa shape index (κ1) is 15.9. The smallest absolute Gasteiger partial charge is 0.150 e. The molecule has 1 fully saturated rings. The van der Waals surface area contributed by atoms with E-state index in [9.17, 15) is 8.42 Å². The predicted molar refractivity (Wildman–Crippen MR) is 81.0 cm³/mol. The van der Waals surface area contributed by atoms with Gasteiger partial charge < -0.3 is 10.1 Å². The van der Waals surface area contributed by atoms with Gasteiger partial charge in [-0.05, 0) is 26.7 Å². The molecule has 0 bridgehead atoms. The highest BCUT2D eigenvalue weighted by atomic mass is 32.2. The van der Waals surface area contributed by atoms with Gasteiger partial charge in [-0.15, -0.1) is 11.3 Å². The lowest BCUT2D eigenvalue weighted by molar-refractivity contribution is 0.179. The van der Waals surface area contributed by atoms with Crippen LogP contribution in [0.2, 0.25) is 0 Å². The van der Waals surface area contributed by atoms with E-state index < -0.39 is 9.84 Å². The van der Waals surface area contributed by atoms with Crippen molar-refractivity contribution in [1.82, 2.24) is 10.3 Å². The van der Waals surface area contributed by atoms with Gasteiger partial charge in [-0.3, -0.25) is 0 Å². The Morgan fingerprint density at radius 3 is 2.50 bits per heavy atom. The SMILES string of the molecule is COCCNC1(c2nc(C)c(C)s2)CCS(=O)(=O)CC1. The number of hydrogen-bond donors (Lipinski definition) is 1. The molecular formula is C13H22N2O3S2. The molecule has 0 radical (unpaired) electrons. The molecule has 0 amide bonds. The zero-order valence-electron chi connectivity index (χ0n) is 12.2. The number of sulfone groups is 1. The van der Waals surface area contributed by atoms with Gasteiger partial charge >= 0.3 is 0 Å². The van der Waals surface area contributed by atoms with Crippen LogP contribution < -0.4 is 5.32 Å². The minimum Gasteiger partial charge on any atom is -0.383 e. The Kier molecular flexibility index (Phi) is 4.84. The van der Waals surface area contributed by atoms with Gasteiger partial charge in [0.2, 0.25) is 0 Å². The number of nitrogens with one attached hydrogen (secondary N) is 1. The molecule has 1 saturated heterocycles. The standard InChI is InChI=1S/C13H22N2O3S2/c1-10-11(2)19-12(15-10)13(14-6-7-18-3)4-8-20(16,17)9-5-13/h14H,4-9H2,1-3H3. The fourth-order valence-electron chi connectivity index (χ4n) is 2.42. The van der Waals surface area contributed by atoms with E-state index in [1.165, 1.54) is 4.88 Å². The molecule has 1 aliphatic rings.